The maximum absolute atomic E-state index is 12.9. The Morgan fingerprint density at radius 3 is 2.48 bits per heavy atom. The Morgan fingerprint density at radius 1 is 1.07 bits per heavy atom. The number of anilines is 1. The normalized spacial score (nSPS) is 16.9. The molecule has 2 aromatic carbocycles. The SMILES string of the molecule is O=C1Nc2c(cccc2C(=O)N2CCC(Oc3ccc(Cl)cc3)CC2)C1=O. The summed E-state index contributed by atoms with van der Waals surface area (Å²) in [5.41, 5.74) is 0.924. The number of hydrogen-bond acceptors (Lipinski definition) is 4. The van der Waals surface area contributed by atoms with Crippen LogP contribution in [0.15, 0.2) is 42.5 Å². The first-order valence-electron chi connectivity index (χ1n) is 8.73. The number of rotatable bonds is 3. The Labute approximate surface area is 161 Å². The van der Waals surface area contributed by atoms with E-state index in [-0.39, 0.29) is 17.6 Å². The number of Topliss-reactive ketones (excluding diaryl/α,β-unsaturated/α-hetero) is 1. The van der Waals surface area contributed by atoms with Gasteiger partial charge in [0.05, 0.1) is 16.8 Å². The molecule has 1 saturated heterocycles. The van der Waals surface area contributed by atoms with Crippen LogP contribution in [0.3, 0.4) is 0 Å². The lowest BCUT2D eigenvalue weighted by Gasteiger charge is -2.32. The first-order valence-corrected chi connectivity index (χ1v) is 9.11. The first-order chi connectivity index (χ1) is 13.0. The second-order valence-corrected chi connectivity index (χ2v) is 7.01. The smallest absolute Gasteiger partial charge is 0.296 e. The van der Waals surface area contributed by atoms with Gasteiger partial charge in [0, 0.05) is 31.0 Å². The lowest BCUT2D eigenvalue weighted by Crippen LogP contribution is -2.42. The van der Waals surface area contributed by atoms with Crippen molar-refractivity contribution in [3.05, 3.63) is 58.6 Å². The highest BCUT2D eigenvalue weighted by atomic mass is 35.5. The molecule has 1 N–H and O–H groups in total. The maximum atomic E-state index is 12.9. The summed E-state index contributed by atoms with van der Waals surface area (Å²) in [7, 11) is 0. The minimum absolute atomic E-state index is 0.0259. The number of para-hydroxylation sites is 1. The molecule has 0 spiro atoms. The minimum Gasteiger partial charge on any atom is -0.490 e. The summed E-state index contributed by atoms with van der Waals surface area (Å²) in [6.07, 6.45) is 1.43. The van der Waals surface area contributed by atoms with Crippen LogP contribution in [0.25, 0.3) is 0 Å². The van der Waals surface area contributed by atoms with Gasteiger partial charge in [0.2, 0.25) is 0 Å². The number of piperidine rings is 1. The molecule has 0 aliphatic carbocycles. The third-order valence-corrected chi connectivity index (χ3v) is 5.08. The van der Waals surface area contributed by atoms with Gasteiger partial charge in [0.25, 0.3) is 17.6 Å². The van der Waals surface area contributed by atoms with Gasteiger partial charge in [-0.2, -0.15) is 0 Å². The van der Waals surface area contributed by atoms with Crippen molar-refractivity contribution in [2.45, 2.75) is 18.9 Å². The summed E-state index contributed by atoms with van der Waals surface area (Å²) in [6, 6.07) is 12.0. The Hall–Kier alpha value is -2.86. The van der Waals surface area contributed by atoms with Gasteiger partial charge in [0.15, 0.2) is 0 Å². The first kappa shape index (κ1) is 17.5. The fraction of sp³-hybridized carbons (Fsp3) is 0.250. The Kier molecular flexibility index (Phi) is 4.58. The summed E-state index contributed by atoms with van der Waals surface area (Å²) in [5, 5.41) is 3.17. The third kappa shape index (κ3) is 3.40. The fourth-order valence-corrected chi connectivity index (χ4v) is 3.53. The van der Waals surface area contributed by atoms with Crippen molar-refractivity contribution in [1.82, 2.24) is 4.90 Å². The molecule has 4 rings (SSSR count). The number of nitrogens with zero attached hydrogens (tertiary/aromatic N) is 1. The van der Waals surface area contributed by atoms with Gasteiger partial charge in [-0.25, -0.2) is 0 Å². The summed E-state index contributed by atoms with van der Waals surface area (Å²) < 4.78 is 5.95. The van der Waals surface area contributed by atoms with E-state index in [1.54, 1.807) is 35.2 Å². The third-order valence-electron chi connectivity index (χ3n) is 4.83. The highest BCUT2D eigenvalue weighted by Gasteiger charge is 2.33. The van der Waals surface area contributed by atoms with Gasteiger partial charge in [-0.05, 0) is 36.4 Å². The van der Waals surface area contributed by atoms with Crippen LogP contribution in [0.2, 0.25) is 5.02 Å². The minimum atomic E-state index is -0.694. The average Bonchev–Trinajstić information content (AvgIpc) is 2.98. The van der Waals surface area contributed by atoms with Crippen molar-refractivity contribution >= 4 is 34.9 Å². The molecule has 27 heavy (non-hydrogen) atoms. The maximum Gasteiger partial charge on any atom is 0.296 e. The van der Waals surface area contributed by atoms with E-state index in [0.717, 1.165) is 5.75 Å². The van der Waals surface area contributed by atoms with Crippen molar-refractivity contribution < 1.29 is 19.1 Å². The number of halogens is 1. The van der Waals surface area contributed by atoms with E-state index < -0.39 is 11.7 Å². The predicted molar refractivity (Wildman–Crippen MR) is 100 cm³/mol. The van der Waals surface area contributed by atoms with Crippen molar-refractivity contribution in [2.75, 3.05) is 18.4 Å². The van der Waals surface area contributed by atoms with Crippen molar-refractivity contribution in [3.63, 3.8) is 0 Å². The van der Waals surface area contributed by atoms with E-state index in [1.807, 2.05) is 12.1 Å². The summed E-state index contributed by atoms with van der Waals surface area (Å²) >= 11 is 5.88. The molecule has 2 heterocycles. The average molecular weight is 385 g/mol. The Morgan fingerprint density at radius 2 is 1.78 bits per heavy atom. The zero-order chi connectivity index (χ0) is 19.0. The molecule has 0 aromatic heterocycles. The molecule has 6 nitrogen and oxygen atoms in total. The van der Waals surface area contributed by atoms with E-state index in [1.165, 1.54) is 0 Å². The fourth-order valence-electron chi connectivity index (χ4n) is 3.40. The van der Waals surface area contributed by atoms with Crippen molar-refractivity contribution in [1.29, 1.82) is 0 Å². The van der Waals surface area contributed by atoms with Crippen LogP contribution in [-0.4, -0.2) is 41.7 Å². The largest absolute Gasteiger partial charge is 0.490 e. The number of nitrogens with one attached hydrogen (secondary N) is 1. The van der Waals surface area contributed by atoms with Gasteiger partial charge in [0.1, 0.15) is 11.9 Å². The molecule has 138 valence electrons. The number of hydrogen-bond donors (Lipinski definition) is 1. The van der Waals surface area contributed by atoms with Gasteiger partial charge in [-0.3, -0.25) is 14.4 Å². The standard InChI is InChI=1S/C20H17ClN2O4/c21-12-4-6-13(7-5-12)27-14-8-10-23(11-9-14)20(26)16-3-1-2-15-17(16)22-19(25)18(15)24/h1-7,14H,8-11H2,(H,22,24,25). The van der Waals surface area contributed by atoms with Gasteiger partial charge in [-0.1, -0.05) is 17.7 Å². The molecular formula is C20H17ClN2O4. The molecule has 2 aliphatic rings. The van der Waals surface area contributed by atoms with E-state index >= 15 is 0 Å². The Balaban J connectivity index is 1.42. The topological polar surface area (TPSA) is 75.7 Å². The van der Waals surface area contributed by atoms with Gasteiger partial charge < -0.3 is 15.0 Å². The summed E-state index contributed by atoms with van der Waals surface area (Å²) in [5.74, 6) is -0.729. The number of ketones is 1. The molecule has 0 radical (unpaired) electrons. The summed E-state index contributed by atoms with van der Waals surface area (Å²) in [6.45, 7) is 1.09. The zero-order valence-electron chi connectivity index (χ0n) is 14.4. The molecule has 2 aliphatic heterocycles. The number of likely N-dealkylation sites (tertiary alicyclic amines) is 1. The van der Waals surface area contributed by atoms with Crippen LogP contribution in [0.5, 0.6) is 5.75 Å². The molecule has 1 fully saturated rings. The van der Waals surface area contributed by atoms with Crippen molar-refractivity contribution in [3.8, 4) is 5.75 Å². The van der Waals surface area contributed by atoms with E-state index in [4.69, 9.17) is 16.3 Å². The van der Waals surface area contributed by atoms with E-state index in [9.17, 15) is 14.4 Å². The number of amides is 2. The summed E-state index contributed by atoms with van der Waals surface area (Å²) in [4.78, 5) is 38.0. The van der Waals surface area contributed by atoms with Crippen LogP contribution < -0.4 is 10.1 Å². The molecule has 2 amide bonds. The molecule has 0 atom stereocenters. The highest BCUT2D eigenvalue weighted by molar-refractivity contribution is 6.52. The monoisotopic (exact) mass is 384 g/mol. The van der Waals surface area contributed by atoms with Crippen LogP contribution in [0, 0.1) is 0 Å². The van der Waals surface area contributed by atoms with Gasteiger partial charge in [-0.15, -0.1) is 0 Å². The molecule has 2 aromatic rings. The molecule has 0 saturated carbocycles. The van der Waals surface area contributed by atoms with Crippen LogP contribution in [0.1, 0.15) is 33.6 Å². The van der Waals surface area contributed by atoms with Crippen LogP contribution >= 0.6 is 11.6 Å². The second-order valence-electron chi connectivity index (χ2n) is 6.57. The van der Waals surface area contributed by atoms with E-state index in [2.05, 4.69) is 5.32 Å². The molecule has 0 bridgehead atoms. The molecular weight excluding hydrogens is 368 g/mol. The number of benzene rings is 2. The number of carbonyl (C=O) groups excluding carboxylic acids is 3. The number of ether oxygens (including phenoxy) is 1. The Bertz CT molecular complexity index is 918. The van der Waals surface area contributed by atoms with Crippen molar-refractivity contribution in [2.24, 2.45) is 0 Å². The quantitative estimate of drug-likeness (QED) is 0.825. The number of carbonyl (C=O) groups is 3. The lowest BCUT2D eigenvalue weighted by molar-refractivity contribution is -0.112. The zero-order valence-corrected chi connectivity index (χ0v) is 15.2. The second kappa shape index (κ2) is 7.04. The molecule has 7 heteroatoms. The predicted octanol–water partition coefficient (Wildman–Crippen LogP) is 3.16. The van der Waals surface area contributed by atoms with Crippen LogP contribution in [0.4, 0.5) is 5.69 Å². The van der Waals surface area contributed by atoms with E-state index in [0.29, 0.717) is 42.2 Å². The highest BCUT2D eigenvalue weighted by Crippen LogP contribution is 2.29. The van der Waals surface area contributed by atoms with Gasteiger partial charge >= 0.3 is 0 Å². The molecule has 0 unspecified atom stereocenters. The lowest BCUT2D eigenvalue weighted by atomic mass is 10.0. The number of fused-ring (bicyclic) bond motifs is 1. The van der Waals surface area contributed by atoms with Crippen LogP contribution in [-0.2, 0) is 4.79 Å².